The molecule has 0 bridgehead atoms. The molecule has 0 radical (unpaired) electrons. The first-order chi connectivity index (χ1) is 9.81. The summed E-state index contributed by atoms with van der Waals surface area (Å²) >= 11 is 0. The summed E-state index contributed by atoms with van der Waals surface area (Å²) in [6, 6.07) is 10.9. The van der Waals surface area contributed by atoms with Crippen molar-refractivity contribution in [3.8, 4) is 0 Å². The number of rotatable bonds is 4. The van der Waals surface area contributed by atoms with Crippen molar-refractivity contribution < 1.29 is 0 Å². The van der Waals surface area contributed by atoms with Crippen molar-refractivity contribution in [2.24, 2.45) is 0 Å². The SMILES string of the molecule is CC(CC1CCCCCN1)NC1Cc2ccccc2C1. The summed E-state index contributed by atoms with van der Waals surface area (Å²) in [6.07, 6.45) is 9.21. The van der Waals surface area contributed by atoms with E-state index in [1.807, 2.05) is 0 Å². The fourth-order valence-electron chi connectivity index (χ4n) is 3.88. The van der Waals surface area contributed by atoms with Gasteiger partial charge >= 0.3 is 0 Å². The first-order valence-electron chi connectivity index (χ1n) is 8.37. The molecule has 0 amide bonds. The summed E-state index contributed by atoms with van der Waals surface area (Å²) in [6.45, 7) is 3.57. The van der Waals surface area contributed by atoms with E-state index in [9.17, 15) is 0 Å². The van der Waals surface area contributed by atoms with E-state index < -0.39 is 0 Å². The molecule has 1 saturated heterocycles. The Morgan fingerprint density at radius 2 is 1.90 bits per heavy atom. The highest BCUT2D eigenvalue weighted by atomic mass is 15.0. The molecule has 1 heterocycles. The monoisotopic (exact) mass is 272 g/mol. The van der Waals surface area contributed by atoms with Crippen LogP contribution in [0.3, 0.4) is 0 Å². The molecule has 0 aromatic heterocycles. The van der Waals surface area contributed by atoms with E-state index in [1.165, 1.54) is 51.5 Å². The lowest BCUT2D eigenvalue weighted by atomic mass is 10.0. The van der Waals surface area contributed by atoms with Crippen molar-refractivity contribution in [2.45, 2.75) is 70.0 Å². The number of nitrogens with one attached hydrogen (secondary N) is 2. The minimum atomic E-state index is 0.616. The molecule has 2 atom stereocenters. The molecule has 2 heteroatoms. The Balaban J connectivity index is 1.46. The lowest BCUT2D eigenvalue weighted by Gasteiger charge is -2.24. The molecule has 20 heavy (non-hydrogen) atoms. The maximum absolute atomic E-state index is 3.85. The van der Waals surface area contributed by atoms with Gasteiger partial charge in [0.25, 0.3) is 0 Å². The van der Waals surface area contributed by atoms with Crippen LogP contribution in [0.1, 0.15) is 50.2 Å². The summed E-state index contributed by atoms with van der Waals surface area (Å²) < 4.78 is 0. The number of hydrogen-bond acceptors (Lipinski definition) is 2. The summed E-state index contributed by atoms with van der Waals surface area (Å²) in [7, 11) is 0. The number of benzene rings is 1. The van der Waals surface area contributed by atoms with Crippen LogP contribution in [0.4, 0.5) is 0 Å². The van der Waals surface area contributed by atoms with Crippen LogP contribution >= 0.6 is 0 Å². The zero-order valence-corrected chi connectivity index (χ0v) is 12.7. The topological polar surface area (TPSA) is 24.1 Å². The third-order valence-electron chi connectivity index (χ3n) is 4.87. The fraction of sp³-hybridized carbons (Fsp3) is 0.667. The molecule has 2 unspecified atom stereocenters. The second-order valence-electron chi connectivity index (χ2n) is 6.68. The van der Waals surface area contributed by atoms with Crippen LogP contribution in [0.25, 0.3) is 0 Å². The van der Waals surface area contributed by atoms with E-state index in [1.54, 1.807) is 11.1 Å². The Morgan fingerprint density at radius 1 is 1.15 bits per heavy atom. The van der Waals surface area contributed by atoms with E-state index in [0.29, 0.717) is 12.1 Å². The molecule has 0 spiro atoms. The van der Waals surface area contributed by atoms with Crippen molar-refractivity contribution in [2.75, 3.05) is 6.54 Å². The van der Waals surface area contributed by atoms with Crippen molar-refractivity contribution in [1.29, 1.82) is 0 Å². The van der Waals surface area contributed by atoms with Gasteiger partial charge in [-0.3, -0.25) is 0 Å². The molecule has 0 saturated carbocycles. The maximum Gasteiger partial charge on any atom is 0.0151 e. The van der Waals surface area contributed by atoms with Crippen molar-refractivity contribution >= 4 is 0 Å². The molecule has 110 valence electrons. The van der Waals surface area contributed by atoms with Crippen molar-refractivity contribution in [1.82, 2.24) is 10.6 Å². The lowest BCUT2D eigenvalue weighted by Crippen LogP contribution is -2.41. The first-order valence-corrected chi connectivity index (χ1v) is 8.37. The summed E-state index contributed by atoms with van der Waals surface area (Å²) in [5, 5.41) is 7.57. The second kappa shape index (κ2) is 6.73. The highest BCUT2D eigenvalue weighted by Gasteiger charge is 2.23. The molecule has 1 fully saturated rings. The zero-order chi connectivity index (χ0) is 13.8. The Bertz CT molecular complexity index is 396. The average molecular weight is 272 g/mol. The third-order valence-corrected chi connectivity index (χ3v) is 4.87. The molecule has 1 aliphatic carbocycles. The van der Waals surface area contributed by atoms with Gasteiger partial charge in [-0.1, -0.05) is 37.1 Å². The van der Waals surface area contributed by atoms with Gasteiger partial charge < -0.3 is 10.6 Å². The van der Waals surface area contributed by atoms with Gasteiger partial charge in [-0.05, 0) is 56.7 Å². The van der Waals surface area contributed by atoms with Gasteiger partial charge in [-0.2, -0.15) is 0 Å². The van der Waals surface area contributed by atoms with Gasteiger partial charge in [-0.25, -0.2) is 0 Å². The minimum absolute atomic E-state index is 0.616. The van der Waals surface area contributed by atoms with Crippen LogP contribution in [-0.2, 0) is 12.8 Å². The summed E-state index contributed by atoms with van der Waals surface area (Å²) in [5.74, 6) is 0. The molecule has 3 rings (SSSR count). The molecule has 1 aromatic rings. The zero-order valence-electron chi connectivity index (χ0n) is 12.7. The molecule has 1 aromatic carbocycles. The quantitative estimate of drug-likeness (QED) is 0.880. The first kappa shape index (κ1) is 14.1. The van der Waals surface area contributed by atoms with Crippen LogP contribution in [0.5, 0.6) is 0 Å². The number of fused-ring (bicyclic) bond motifs is 1. The standard InChI is InChI=1S/C18H28N2/c1-14(11-17-9-3-2-6-10-19-17)20-18-12-15-7-4-5-8-16(15)13-18/h4-5,7-8,14,17-20H,2-3,6,9-13H2,1H3. The summed E-state index contributed by atoms with van der Waals surface area (Å²) in [5.41, 5.74) is 3.09. The van der Waals surface area contributed by atoms with Gasteiger partial charge in [0.05, 0.1) is 0 Å². The second-order valence-corrected chi connectivity index (χ2v) is 6.68. The Labute approximate surface area is 123 Å². The van der Waals surface area contributed by atoms with Gasteiger partial charge in [-0.15, -0.1) is 0 Å². The molecule has 1 aliphatic heterocycles. The lowest BCUT2D eigenvalue weighted by molar-refractivity contribution is 0.372. The van der Waals surface area contributed by atoms with Crippen LogP contribution in [0, 0.1) is 0 Å². The Kier molecular flexibility index (Phi) is 4.74. The van der Waals surface area contributed by atoms with E-state index in [-0.39, 0.29) is 0 Å². The minimum Gasteiger partial charge on any atom is -0.314 e. The molecular formula is C18H28N2. The molecular weight excluding hydrogens is 244 g/mol. The van der Waals surface area contributed by atoms with Gasteiger partial charge in [0, 0.05) is 18.1 Å². The largest absolute Gasteiger partial charge is 0.314 e. The van der Waals surface area contributed by atoms with Crippen LogP contribution in [0.2, 0.25) is 0 Å². The van der Waals surface area contributed by atoms with E-state index in [0.717, 1.165) is 6.04 Å². The fourth-order valence-corrected chi connectivity index (χ4v) is 3.88. The normalized spacial score (nSPS) is 25.1. The van der Waals surface area contributed by atoms with Crippen LogP contribution < -0.4 is 10.6 Å². The van der Waals surface area contributed by atoms with Crippen LogP contribution in [-0.4, -0.2) is 24.7 Å². The smallest absolute Gasteiger partial charge is 0.0151 e. The van der Waals surface area contributed by atoms with Crippen LogP contribution in [0.15, 0.2) is 24.3 Å². The van der Waals surface area contributed by atoms with E-state index in [4.69, 9.17) is 0 Å². The Morgan fingerprint density at radius 3 is 2.65 bits per heavy atom. The van der Waals surface area contributed by atoms with Gasteiger partial charge in [0.15, 0.2) is 0 Å². The highest BCUT2D eigenvalue weighted by Crippen LogP contribution is 2.22. The number of hydrogen-bond donors (Lipinski definition) is 2. The van der Waals surface area contributed by atoms with Crippen molar-refractivity contribution in [3.05, 3.63) is 35.4 Å². The van der Waals surface area contributed by atoms with E-state index in [2.05, 4.69) is 41.8 Å². The molecule has 2 N–H and O–H groups in total. The maximum atomic E-state index is 3.85. The van der Waals surface area contributed by atoms with Gasteiger partial charge in [0.2, 0.25) is 0 Å². The molecule has 2 aliphatic rings. The van der Waals surface area contributed by atoms with Gasteiger partial charge in [0.1, 0.15) is 0 Å². The van der Waals surface area contributed by atoms with Crippen molar-refractivity contribution in [3.63, 3.8) is 0 Å². The van der Waals surface area contributed by atoms with E-state index >= 15 is 0 Å². The predicted molar refractivity (Wildman–Crippen MR) is 85.1 cm³/mol. The Hall–Kier alpha value is -0.860. The summed E-state index contributed by atoms with van der Waals surface area (Å²) in [4.78, 5) is 0. The average Bonchev–Trinajstić information content (AvgIpc) is 2.66. The third kappa shape index (κ3) is 3.62. The molecule has 2 nitrogen and oxygen atoms in total. The predicted octanol–water partition coefficient (Wildman–Crippen LogP) is 3.05. The highest BCUT2D eigenvalue weighted by molar-refractivity contribution is 5.33.